The first-order valence-electron chi connectivity index (χ1n) is 9.38. The molecule has 0 spiro atoms. The molecule has 7 heteroatoms. The van der Waals surface area contributed by atoms with Gasteiger partial charge in [-0.15, -0.1) is 0 Å². The molecule has 0 radical (unpaired) electrons. The Labute approximate surface area is 174 Å². The van der Waals surface area contributed by atoms with Crippen LogP contribution >= 0.6 is 0 Å². The van der Waals surface area contributed by atoms with Crippen LogP contribution in [0.25, 0.3) is 0 Å². The summed E-state index contributed by atoms with van der Waals surface area (Å²) in [7, 11) is 0. The minimum atomic E-state index is -0.454. The van der Waals surface area contributed by atoms with E-state index in [1.54, 1.807) is 69.3 Å². The standard InChI is InChI=1S/C23H21N3O4/c1-4-29-23(28)20-14(2)21(25-15(20)3)22(27)26-17-8-10-18(11-9-17)30-19-7-5-6-16(12-19)13-24/h5-12,25H,4H2,1-3H3,(H,26,27). The van der Waals surface area contributed by atoms with Crippen molar-refractivity contribution in [3.05, 3.63) is 76.6 Å². The number of carbonyl (C=O) groups is 2. The number of esters is 1. The number of rotatable bonds is 6. The number of amides is 1. The fourth-order valence-corrected chi connectivity index (χ4v) is 3.05. The van der Waals surface area contributed by atoms with E-state index in [1.165, 1.54) is 0 Å². The molecule has 0 aliphatic rings. The summed E-state index contributed by atoms with van der Waals surface area (Å²) in [5.41, 5.74) is 2.90. The van der Waals surface area contributed by atoms with Gasteiger partial charge in [0.1, 0.15) is 17.2 Å². The zero-order valence-electron chi connectivity index (χ0n) is 16.9. The zero-order valence-corrected chi connectivity index (χ0v) is 16.9. The van der Waals surface area contributed by atoms with Gasteiger partial charge in [-0.3, -0.25) is 4.79 Å². The number of hydrogen-bond donors (Lipinski definition) is 2. The first kappa shape index (κ1) is 20.7. The molecule has 1 aromatic heterocycles. The number of nitrogens with one attached hydrogen (secondary N) is 2. The Kier molecular flexibility index (Phi) is 6.18. The molecule has 0 atom stereocenters. The first-order valence-corrected chi connectivity index (χ1v) is 9.38. The highest BCUT2D eigenvalue weighted by Crippen LogP contribution is 2.25. The van der Waals surface area contributed by atoms with Crippen LogP contribution in [0, 0.1) is 25.2 Å². The van der Waals surface area contributed by atoms with Crippen LogP contribution in [-0.2, 0) is 4.74 Å². The van der Waals surface area contributed by atoms with Crippen LogP contribution < -0.4 is 10.1 Å². The predicted molar refractivity (Wildman–Crippen MR) is 112 cm³/mol. The van der Waals surface area contributed by atoms with E-state index in [4.69, 9.17) is 14.7 Å². The molecule has 1 heterocycles. The molecule has 0 bridgehead atoms. The van der Waals surface area contributed by atoms with E-state index >= 15 is 0 Å². The maximum absolute atomic E-state index is 12.7. The van der Waals surface area contributed by atoms with Crippen LogP contribution in [0.5, 0.6) is 11.5 Å². The van der Waals surface area contributed by atoms with Crippen LogP contribution in [0.15, 0.2) is 48.5 Å². The molecule has 1 amide bonds. The smallest absolute Gasteiger partial charge is 0.340 e. The van der Waals surface area contributed by atoms with Gasteiger partial charge in [0.15, 0.2) is 0 Å². The van der Waals surface area contributed by atoms with Gasteiger partial charge in [-0.1, -0.05) is 6.07 Å². The highest BCUT2D eigenvalue weighted by atomic mass is 16.5. The van der Waals surface area contributed by atoms with Gasteiger partial charge in [-0.05, 0) is 68.8 Å². The van der Waals surface area contributed by atoms with Crippen LogP contribution in [0.2, 0.25) is 0 Å². The molecule has 7 nitrogen and oxygen atoms in total. The third-order valence-corrected chi connectivity index (χ3v) is 4.46. The van der Waals surface area contributed by atoms with Crippen molar-refractivity contribution < 1.29 is 19.1 Å². The number of nitrogens with zero attached hydrogens (tertiary/aromatic N) is 1. The summed E-state index contributed by atoms with van der Waals surface area (Å²) in [6.07, 6.45) is 0. The second-order valence-corrected chi connectivity index (χ2v) is 6.57. The number of carbonyl (C=O) groups excluding carboxylic acids is 2. The maximum atomic E-state index is 12.7. The number of benzene rings is 2. The fraction of sp³-hybridized carbons (Fsp3) is 0.174. The third-order valence-electron chi connectivity index (χ3n) is 4.46. The molecule has 30 heavy (non-hydrogen) atoms. The average molecular weight is 403 g/mol. The van der Waals surface area contributed by atoms with Gasteiger partial charge in [0.2, 0.25) is 0 Å². The molecule has 3 rings (SSSR count). The van der Waals surface area contributed by atoms with Crippen molar-refractivity contribution >= 4 is 17.6 Å². The van der Waals surface area contributed by atoms with E-state index in [1.807, 2.05) is 0 Å². The van der Waals surface area contributed by atoms with E-state index in [0.29, 0.717) is 45.3 Å². The third kappa shape index (κ3) is 4.50. The van der Waals surface area contributed by atoms with Gasteiger partial charge in [-0.25, -0.2) is 4.79 Å². The van der Waals surface area contributed by atoms with Crippen molar-refractivity contribution in [2.75, 3.05) is 11.9 Å². The van der Waals surface area contributed by atoms with Crippen molar-refractivity contribution in [1.29, 1.82) is 5.26 Å². The molecule has 0 fully saturated rings. The summed E-state index contributed by atoms with van der Waals surface area (Å²) in [5, 5.41) is 11.8. The molecule has 3 aromatic rings. The summed E-state index contributed by atoms with van der Waals surface area (Å²) in [5.74, 6) is 0.306. The number of nitriles is 1. The molecule has 0 unspecified atom stereocenters. The van der Waals surface area contributed by atoms with E-state index in [2.05, 4.69) is 16.4 Å². The normalized spacial score (nSPS) is 10.2. The molecular weight excluding hydrogens is 382 g/mol. The Morgan fingerprint density at radius 1 is 1.10 bits per heavy atom. The second kappa shape index (κ2) is 8.97. The van der Waals surface area contributed by atoms with E-state index in [-0.39, 0.29) is 12.5 Å². The van der Waals surface area contributed by atoms with Crippen molar-refractivity contribution in [3.63, 3.8) is 0 Å². The Bertz CT molecular complexity index is 1120. The van der Waals surface area contributed by atoms with Gasteiger partial charge in [0, 0.05) is 11.4 Å². The van der Waals surface area contributed by atoms with E-state index in [9.17, 15) is 9.59 Å². The van der Waals surface area contributed by atoms with Gasteiger partial charge in [0.25, 0.3) is 5.91 Å². The number of aromatic nitrogens is 1. The summed E-state index contributed by atoms with van der Waals surface area (Å²) < 4.78 is 10.8. The number of aromatic amines is 1. The lowest BCUT2D eigenvalue weighted by Gasteiger charge is -2.08. The summed E-state index contributed by atoms with van der Waals surface area (Å²) >= 11 is 0. The number of anilines is 1. The first-order chi connectivity index (χ1) is 14.4. The van der Waals surface area contributed by atoms with Crippen molar-refractivity contribution in [3.8, 4) is 17.6 Å². The van der Waals surface area contributed by atoms with Crippen LogP contribution in [0.3, 0.4) is 0 Å². The highest BCUT2D eigenvalue weighted by Gasteiger charge is 2.22. The Hall–Kier alpha value is -4.05. The Balaban J connectivity index is 1.71. The summed E-state index contributed by atoms with van der Waals surface area (Å²) in [4.78, 5) is 27.7. The number of ether oxygens (including phenoxy) is 2. The summed E-state index contributed by atoms with van der Waals surface area (Å²) in [6, 6.07) is 15.8. The lowest BCUT2D eigenvalue weighted by atomic mass is 10.1. The van der Waals surface area contributed by atoms with E-state index in [0.717, 1.165) is 0 Å². The van der Waals surface area contributed by atoms with Gasteiger partial charge < -0.3 is 19.8 Å². The monoisotopic (exact) mass is 403 g/mol. The fourth-order valence-electron chi connectivity index (χ4n) is 3.05. The van der Waals surface area contributed by atoms with Crippen molar-refractivity contribution in [2.24, 2.45) is 0 Å². The average Bonchev–Trinajstić information content (AvgIpc) is 3.04. The van der Waals surface area contributed by atoms with Gasteiger partial charge in [0.05, 0.1) is 23.8 Å². The molecule has 152 valence electrons. The molecule has 2 N–H and O–H groups in total. The van der Waals surface area contributed by atoms with Crippen LogP contribution in [-0.4, -0.2) is 23.5 Å². The van der Waals surface area contributed by atoms with Gasteiger partial charge in [-0.2, -0.15) is 5.26 Å². The molecule has 0 saturated heterocycles. The zero-order chi connectivity index (χ0) is 21.7. The Morgan fingerprint density at radius 3 is 2.50 bits per heavy atom. The lowest BCUT2D eigenvalue weighted by molar-refractivity contribution is 0.0525. The minimum Gasteiger partial charge on any atom is -0.462 e. The van der Waals surface area contributed by atoms with Gasteiger partial charge >= 0.3 is 5.97 Å². The number of aryl methyl sites for hydroxylation is 1. The second-order valence-electron chi connectivity index (χ2n) is 6.57. The molecule has 0 aliphatic heterocycles. The summed E-state index contributed by atoms with van der Waals surface area (Å²) in [6.45, 7) is 5.43. The topological polar surface area (TPSA) is 104 Å². The Morgan fingerprint density at radius 2 is 1.83 bits per heavy atom. The van der Waals surface area contributed by atoms with E-state index < -0.39 is 5.97 Å². The van der Waals surface area contributed by atoms with Crippen molar-refractivity contribution in [1.82, 2.24) is 4.98 Å². The largest absolute Gasteiger partial charge is 0.462 e. The predicted octanol–water partition coefficient (Wildman–Crippen LogP) is 4.72. The SMILES string of the molecule is CCOC(=O)c1c(C)[nH]c(C(=O)Nc2ccc(Oc3cccc(C#N)c3)cc2)c1C. The minimum absolute atomic E-state index is 0.264. The molecule has 0 aliphatic carbocycles. The number of H-pyrrole nitrogens is 1. The van der Waals surface area contributed by atoms with Crippen LogP contribution in [0.4, 0.5) is 5.69 Å². The molecular formula is C23H21N3O4. The highest BCUT2D eigenvalue weighted by molar-refractivity contribution is 6.06. The molecule has 0 saturated carbocycles. The maximum Gasteiger partial charge on any atom is 0.340 e. The lowest BCUT2D eigenvalue weighted by Crippen LogP contribution is -2.14. The van der Waals surface area contributed by atoms with Crippen LogP contribution in [0.1, 0.15) is 44.6 Å². The quantitative estimate of drug-likeness (QED) is 0.579. The number of hydrogen-bond acceptors (Lipinski definition) is 5. The molecule has 2 aromatic carbocycles. The van der Waals surface area contributed by atoms with Crippen molar-refractivity contribution in [2.45, 2.75) is 20.8 Å².